The molecule has 0 bridgehead atoms. The number of carbonyl (C=O) groups excluding carboxylic acids is 2. The lowest BCUT2D eigenvalue weighted by Gasteiger charge is -2.34. The van der Waals surface area contributed by atoms with Crippen LogP contribution < -0.4 is 14.4 Å². The molecule has 4 aromatic carbocycles. The largest absolute Gasteiger partial charge is 0.497 e. The average Bonchev–Trinajstić information content (AvgIpc) is 3.05. The van der Waals surface area contributed by atoms with E-state index >= 15 is 0 Å². The van der Waals surface area contributed by atoms with Gasteiger partial charge in [-0.2, -0.15) is 0 Å². The number of halogens is 1. The van der Waals surface area contributed by atoms with E-state index in [0.29, 0.717) is 29.4 Å². The summed E-state index contributed by atoms with van der Waals surface area (Å²) < 4.78 is 34.7. The third-order valence-electron chi connectivity index (χ3n) is 7.31. The molecular weight excluding hydrogens is 610 g/mol. The molecule has 2 amide bonds. The van der Waals surface area contributed by atoms with E-state index in [1.807, 2.05) is 56.3 Å². The molecule has 0 heterocycles. The maximum atomic E-state index is 14.5. The van der Waals surface area contributed by atoms with Crippen molar-refractivity contribution in [3.05, 3.63) is 125 Å². The van der Waals surface area contributed by atoms with Crippen LogP contribution in [0.3, 0.4) is 0 Å². The van der Waals surface area contributed by atoms with Crippen molar-refractivity contribution in [3.8, 4) is 5.75 Å². The van der Waals surface area contributed by atoms with Crippen molar-refractivity contribution < 1.29 is 22.7 Å². The number of aryl methyl sites for hydroxylation is 1. The molecule has 1 atom stereocenters. The lowest BCUT2D eigenvalue weighted by atomic mass is 10.0. The first-order chi connectivity index (χ1) is 21.6. The van der Waals surface area contributed by atoms with Gasteiger partial charge in [0.2, 0.25) is 11.8 Å². The van der Waals surface area contributed by atoms with E-state index in [1.54, 1.807) is 43.5 Å². The number of hydrogen-bond acceptors (Lipinski definition) is 5. The molecule has 0 aliphatic rings. The number of hydrogen-bond donors (Lipinski definition) is 1. The van der Waals surface area contributed by atoms with Crippen LogP contribution in [0.2, 0.25) is 5.02 Å². The van der Waals surface area contributed by atoms with Gasteiger partial charge in [-0.25, -0.2) is 8.42 Å². The second kappa shape index (κ2) is 15.6. The van der Waals surface area contributed by atoms with Crippen LogP contribution in [0, 0.1) is 6.92 Å². The average molecular weight is 648 g/mol. The zero-order valence-corrected chi connectivity index (χ0v) is 27.2. The van der Waals surface area contributed by atoms with Crippen molar-refractivity contribution in [1.29, 1.82) is 0 Å². The third-order valence-corrected chi connectivity index (χ3v) is 9.35. The summed E-state index contributed by atoms with van der Waals surface area (Å²) in [5.74, 6) is -0.260. The molecule has 0 fully saturated rings. The second-order valence-corrected chi connectivity index (χ2v) is 13.0. The van der Waals surface area contributed by atoms with Crippen LogP contribution in [-0.4, -0.2) is 51.4 Å². The predicted octanol–water partition coefficient (Wildman–Crippen LogP) is 6.02. The van der Waals surface area contributed by atoms with E-state index in [0.717, 1.165) is 21.0 Å². The fraction of sp³-hybridized carbons (Fsp3) is 0.257. The van der Waals surface area contributed by atoms with Gasteiger partial charge in [0, 0.05) is 24.5 Å². The molecule has 10 heteroatoms. The molecule has 4 rings (SSSR count). The van der Waals surface area contributed by atoms with Crippen LogP contribution in [0.1, 0.15) is 30.0 Å². The maximum Gasteiger partial charge on any atom is 0.264 e. The molecule has 0 aromatic heterocycles. The van der Waals surface area contributed by atoms with Crippen LogP contribution >= 0.6 is 11.6 Å². The Labute approximate surface area is 270 Å². The number of amides is 2. The molecule has 8 nitrogen and oxygen atoms in total. The Bertz CT molecular complexity index is 1680. The number of anilines is 1. The first-order valence-corrected chi connectivity index (χ1v) is 16.5. The van der Waals surface area contributed by atoms with Gasteiger partial charge in [0.1, 0.15) is 18.3 Å². The molecule has 0 aliphatic carbocycles. The number of nitrogens with one attached hydrogen (secondary N) is 1. The number of sulfonamides is 1. The molecule has 0 saturated heterocycles. The van der Waals surface area contributed by atoms with E-state index in [9.17, 15) is 18.0 Å². The Morgan fingerprint density at radius 2 is 1.56 bits per heavy atom. The summed E-state index contributed by atoms with van der Waals surface area (Å²) in [5, 5.41) is 3.33. The lowest BCUT2D eigenvalue weighted by Crippen LogP contribution is -2.53. The van der Waals surface area contributed by atoms with E-state index in [2.05, 4.69) is 5.32 Å². The summed E-state index contributed by atoms with van der Waals surface area (Å²) >= 11 is 6.05. The van der Waals surface area contributed by atoms with Crippen molar-refractivity contribution in [2.24, 2.45) is 0 Å². The third kappa shape index (κ3) is 8.86. The topological polar surface area (TPSA) is 96.0 Å². The molecule has 45 heavy (non-hydrogen) atoms. The Balaban J connectivity index is 1.80. The van der Waals surface area contributed by atoms with Gasteiger partial charge in [-0.15, -0.1) is 0 Å². The maximum absolute atomic E-state index is 14.5. The summed E-state index contributed by atoms with van der Waals surface area (Å²) in [5.41, 5.74) is 2.85. The first kappa shape index (κ1) is 33.6. The molecule has 0 radical (unpaired) electrons. The number of rotatable bonds is 14. The van der Waals surface area contributed by atoms with Crippen molar-refractivity contribution >= 4 is 39.1 Å². The number of methoxy groups -OCH3 is 1. The fourth-order valence-corrected chi connectivity index (χ4v) is 6.40. The fourth-order valence-electron chi connectivity index (χ4n) is 4.86. The molecule has 4 aromatic rings. The predicted molar refractivity (Wildman–Crippen MR) is 178 cm³/mol. The van der Waals surface area contributed by atoms with Crippen LogP contribution in [0.25, 0.3) is 0 Å². The van der Waals surface area contributed by atoms with Crippen molar-refractivity contribution in [2.75, 3.05) is 24.5 Å². The van der Waals surface area contributed by atoms with E-state index in [4.69, 9.17) is 16.3 Å². The molecule has 0 unspecified atom stereocenters. The Morgan fingerprint density at radius 1 is 0.889 bits per heavy atom. The van der Waals surface area contributed by atoms with Gasteiger partial charge in [-0.05, 0) is 73.0 Å². The monoisotopic (exact) mass is 647 g/mol. The van der Waals surface area contributed by atoms with Gasteiger partial charge in [-0.3, -0.25) is 13.9 Å². The van der Waals surface area contributed by atoms with Crippen LogP contribution in [-0.2, 0) is 32.6 Å². The van der Waals surface area contributed by atoms with Gasteiger partial charge >= 0.3 is 0 Å². The smallest absolute Gasteiger partial charge is 0.264 e. The Hall–Kier alpha value is -4.34. The Kier molecular flexibility index (Phi) is 11.6. The van der Waals surface area contributed by atoms with Crippen LogP contribution in [0.15, 0.2) is 108 Å². The van der Waals surface area contributed by atoms with Crippen molar-refractivity contribution in [2.45, 2.75) is 44.2 Å². The SMILES string of the molecule is CCCNC(=O)[C@@H](Cc1ccccc1)N(Cc1cccc(OC)c1)C(=O)CN(c1ccc(C)cc1)S(=O)(=O)c1ccc(Cl)cc1. The zero-order chi connectivity index (χ0) is 32.4. The lowest BCUT2D eigenvalue weighted by molar-refractivity contribution is -0.140. The zero-order valence-electron chi connectivity index (χ0n) is 25.6. The molecule has 0 spiro atoms. The molecular formula is C35H38ClN3O5S. The number of ether oxygens (including phenoxy) is 1. The molecule has 0 saturated carbocycles. The van der Waals surface area contributed by atoms with E-state index < -0.39 is 28.5 Å². The quantitative estimate of drug-likeness (QED) is 0.181. The normalized spacial score (nSPS) is 11.8. The summed E-state index contributed by atoms with van der Waals surface area (Å²) in [7, 11) is -2.65. The number of nitrogens with zero attached hydrogens (tertiary/aromatic N) is 2. The number of benzene rings is 4. The van der Waals surface area contributed by atoms with Crippen molar-refractivity contribution in [3.63, 3.8) is 0 Å². The summed E-state index contributed by atoms with van der Waals surface area (Å²) in [6.07, 6.45) is 0.953. The highest BCUT2D eigenvalue weighted by Crippen LogP contribution is 2.26. The minimum absolute atomic E-state index is 0.0128. The highest BCUT2D eigenvalue weighted by atomic mass is 35.5. The highest BCUT2D eigenvalue weighted by Gasteiger charge is 2.34. The minimum atomic E-state index is -4.21. The van der Waals surface area contributed by atoms with Crippen LogP contribution in [0.5, 0.6) is 5.75 Å². The summed E-state index contributed by atoms with van der Waals surface area (Å²) in [6.45, 7) is 3.80. The molecule has 0 aliphatic heterocycles. The summed E-state index contributed by atoms with van der Waals surface area (Å²) in [6, 6.07) is 28.5. The minimum Gasteiger partial charge on any atom is -0.497 e. The van der Waals surface area contributed by atoms with E-state index in [-0.39, 0.29) is 23.8 Å². The number of carbonyl (C=O) groups is 2. The van der Waals surface area contributed by atoms with Crippen LogP contribution in [0.4, 0.5) is 5.69 Å². The van der Waals surface area contributed by atoms with Gasteiger partial charge in [0.25, 0.3) is 10.0 Å². The molecule has 236 valence electrons. The van der Waals surface area contributed by atoms with Gasteiger partial charge < -0.3 is 15.0 Å². The summed E-state index contributed by atoms with van der Waals surface area (Å²) in [4.78, 5) is 29.7. The van der Waals surface area contributed by atoms with Gasteiger partial charge in [0.15, 0.2) is 0 Å². The Morgan fingerprint density at radius 3 is 2.20 bits per heavy atom. The molecule has 1 N–H and O–H groups in total. The van der Waals surface area contributed by atoms with Crippen molar-refractivity contribution in [1.82, 2.24) is 10.2 Å². The van der Waals surface area contributed by atoms with Gasteiger partial charge in [-0.1, -0.05) is 78.7 Å². The second-order valence-electron chi connectivity index (χ2n) is 10.7. The first-order valence-electron chi connectivity index (χ1n) is 14.7. The van der Waals surface area contributed by atoms with Gasteiger partial charge in [0.05, 0.1) is 17.7 Å². The van der Waals surface area contributed by atoms with E-state index in [1.165, 1.54) is 29.2 Å². The highest BCUT2D eigenvalue weighted by molar-refractivity contribution is 7.92. The standard InChI is InChI=1S/C35H38ClN3O5S/c1-4-21-37-35(41)33(23-27-9-6-5-7-10-27)38(24-28-11-8-12-31(22-28)44-3)34(40)25-39(30-17-13-26(2)14-18-30)45(42,43)32-19-15-29(36)16-20-32/h5-20,22,33H,4,21,23-25H2,1-3H3,(H,37,41)/t33-/m1/s1.